The molecule has 9 nitrogen and oxygen atoms in total. The minimum atomic E-state index is -4.05. The Kier molecular flexibility index (Phi) is 7.17. The van der Waals surface area contributed by atoms with Crippen molar-refractivity contribution in [2.24, 2.45) is 0 Å². The average molecular weight is 462 g/mol. The molecular formula is C22H27N3O6S. The Bertz CT molecular complexity index is 1280. The maximum absolute atomic E-state index is 12.7. The summed E-state index contributed by atoms with van der Waals surface area (Å²) in [7, 11) is -4.05. The lowest BCUT2D eigenvalue weighted by Crippen LogP contribution is -2.48. The number of rotatable bonds is 9. The molecule has 10 heteroatoms. The first kappa shape index (κ1) is 23.7. The van der Waals surface area contributed by atoms with Gasteiger partial charge in [0, 0.05) is 6.54 Å². The molecule has 0 fully saturated rings. The summed E-state index contributed by atoms with van der Waals surface area (Å²) in [6.07, 6.45) is -0.968. The molecular weight excluding hydrogens is 434 g/mol. The van der Waals surface area contributed by atoms with Crippen molar-refractivity contribution in [2.45, 2.75) is 50.8 Å². The van der Waals surface area contributed by atoms with E-state index in [9.17, 15) is 23.1 Å². The predicted molar refractivity (Wildman–Crippen MR) is 120 cm³/mol. The van der Waals surface area contributed by atoms with Crippen LogP contribution >= 0.6 is 0 Å². The molecule has 0 spiro atoms. The summed E-state index contributed by atoms with van der Waals surface area (Å²) in [6, 6.07) is 10.4. The Hall–Kier alpha value is -2.95. The van der Waals surface area contributed by atoms with Gasteiger partial charge in [0.15, 0.2) is 0 Å². The SMILES string of the molecule is Cc1ccc(S(=O)(=O)N[C@@H](C(=O)OCCCn2c(=O)[nH]c3ccccc32)[C@@H](C)O)cc1C. The molecule has 0 aliphatic rings. The fourth-order valence-corrected chi connectivity index (χ4v) is 4.62. The number of ether oxygens (including phenoxy) is 1. The largest absolute Gasteiger partial charge is 0.464 e. The molecule has 3 N–H and O–H groups in total. The van der Waals surface area contributed by atoms with Gasteiger partial charge < -0.3 is 14.8 Å². The Labute approximate surface area is 186 Å². The topological polar surface area (TPSA) is 130 Å². The number of benzene rings is 2. The van der Waals surface area contributed by atoms with Crippen molar-refractivity contribution >= 4 is 27.0 Å². The highest BCUT2D eigenvalue weighted by Crippen LogP contribution is 2.16. The van der Waals surface area contributed by atoms with E-state index in [0.717, 1.165) is 16.6 Å². The third kappa shape index (κ3) is 5.26. The number of nitrogens with zero attached hydrogens (tertiary/aromatic N) is 1. The van der Waals surface area contributed by atoms with Crippen molar-refractivity contribution in [3.63, 3.8) is 0 Å². The highest BCUT2D eigenvalue weighted by Gasteiger charge is 2.31. The van der Waals surface area contributed by atoms with Gasteiger partial charge in [0.25, 0.3) is 0 Å². The Morgan fingerprint density at radius 2 is 1.91 bits per heavy atom. The molecule has 32 heavy (non-hydrogen) atoms. The summed E-state index contributed by atoms with van der Waals surface area (Å²) >= 11 is 0. The minimum Gasteiger partial charge on any atom is -0.464 e. The molecule has 0 aliphatic carbocycles. The van der Waals surface area contributed by atoms with E-state index >= 15 is 0 Å². The molecule has 172 valence electrons. The van der Waals surface area contributed by atoms with Crippen LogP contribution in [-0.4, -0.2) is 47.8 Å². The second-order valence-electron chi connectivity index (χ2n) is 7.71. The van der Waals surface area contributed by atoms with E-state index in [1.165, 1.54) is 23.6 Å². The van der Waals surface area contributed by atoms with Gasteiger partial charge in [0.05, 0.1) is 28.6 Å². The predicted octanol–water partition coefficient (Wildman–Crippen LogP) is 1.61. The normalized spacial score (nSPS) is 13.8. The van der Waals surface area contributed by atoms with Gasteiger partial charge in [-0.25, -0.2) is 13.2 Å². The fraction of sp³-hybridized carbons (Fsp3) is 0.364. The minimum absolute atomic E-state index is 0.00207. The van der Waals surface area contributed by atoms with Crippen LogP contribution in [-0.2, 0) is 26.1 Å². The van der Waals surface area contributed by atoms with Crippen molar-refractivity contribution in [1.29, 1.82) is 0 Å². The third-order valence-corrected chi connectivity index (χ3v) is 6.70. The van der Waals surface area contributed by atoms with E-state index in [4.69, 9.17) is 4.74 Å². The Morgan fingerprint density at radius 1 is 1.19 bits per heavy atom. The van der Waals surface area contributed by atoms with Crippen molar-refractivity contribution in [2.75, 3.05) is 6.61 Å². The molecule has 3 rings (SSSR count). The van der Waals surface area contributed by atoms with Gasteiger partial charge in [0.2, 0.25) is 10.0 Å². The maximum Gasteiger partial charge on any atom is 0.326 e. The van der Waals surface area contributed by atoms with Crippen LogP contribution in [0.25, 0.3) is 11.0 Å². The highest BCUT2D eigenvalue weighted by atomic mass is 32.2. The lowest BCUT2D eigenvalue weighted by Gasteiger charge is -2.20. The lowest BCUT2D eigenvalue weighted by atomic mass is 10.1. The number of imidazole rings is 1. The molecule has 2 atom stereocenters. The van der Waals surface area contributed by atoms with Gasteiger partial charge in [-0.1, -0.05) is 18.2 Å². The summed E-state index contributed by atoms with van der Waals surface area (Å²) in [6.45, 7) is 5.22. The van der Waals surface area contributed by atoms with Gasteiger partial charge in [-0.2, -0.15) is 4.72 Å². The number of aryl methyl sites for hydroxylation is 3. The number of sulfonamides is 1. The molecule has 0 saturated heterocycles. The zero-order valence-electron chi connectivity index (χ0n) is 18.2. The summed E-state index contributed by atoms with van der Waals surface area (Å²) in [5.74, 6) is -0.890. The highest BCUT2D eigenvalue weighted by molar-refractivity contribution is 7.89. The van der Waals surface area contributed by atoms with Crippen LogP contribution in [0.4, 0.5) is 0 Å². The van der Waals surface area contributed by atoms with E-state index in [-0.39, 0.29) is 17.2 Å². The van der Waals surface area contributed by atoms with Crippen LogP contribution in [0.1, 0.15) is 24.5 Å². The molecule has 1 heterocycles. The first-order valence-corrected chi connectivity index (χ1v) is 11.7. The standard InChI is InChI=1S/C22H27N3O6S/c1-14-9-10-17(13-15(14)2)32(29,30)24-20(16(3)26)21(27)31-12-6-11-25-19-8-5-4-7-18(19)23-22(25)28/h4-5,7-10,13,16,20,24,26H,6,11-12H2,1-3H3,(H,23,28)/t16-,20-/m1/s1. The number of aromatic nitrogens is 2. The molecule has 0 amide bonds. The second kappa shape index (κ2) is 9.68. The van der Waals surface area contributed by atoms with E-state index in [1.807, 2.05) is 25.1 Å². The van der Waals surface area contributed by atoms with Crippen LogP contribution in [0.5, 0.6) is 0 Å². The summed E-state index contributed by atoms with van der Waals surface area (Å²) in [5.41, 5.74) is 2.91. The number of nitrogens with one attached hydrogen (secondary N) is 2. The molecule has 2 aromatic carbocycles. The zero-order chi connectivity index (χ0) is 23.5. The number of carbonyl (C=O) groups is 1. The van der Waals surface area contributed by atoms with E-state index in [1.54, 1.807) is 19.1 Å². The molecule has 0 radical (unpaired) electrons. The van der Waals surface area contributed by atoms with Crippen LogP contribution < -0.4 is 10.4 Å². The van der Waals surface area contributed by atoms with Gasteiger partial charge in [-0.15, -0.1) is 0 Å². The molecule has 0 unspecified atom stereocenters. The number of hydrogen-bond acceptors (Lipinski definition) is 6. The number of fused-ring (bicyclic) bond motifs is 1. The van der Waals surface area contributed by atoms with Gasteiger partial charge >= 0.3 is 11.7 Å². The number of aliphatic hydroxyl groups excluding tert-OH is 1. The molecule has 0 saturated carbocycles. The fourth-order valence-electron chi connectivity index (χ4n) is 3.27. The van der Waals surface area contributed by atoms with Gasteiger partial charge in [0.1, 0.15) is 6.04 Å². The summed E-state index contributed by atoms with van der Waals surface area (Å²) < 4.78 is 34.3. The van der Waals surface area contributed by atoms with Crippen LogP contribution in [0.3, 0.4) is 0 Å². The van der Waals surface area contributed by atoms with Crippen LogP contribution in [0.2, 0.25) is 0 Å². The Balaban J connectivity index is 1.62. The number of para-hydroxylation sites is 2. The van der Waals surface area contributed by atoms with Crippen molar-refractivity contribution in [1.82, 2.24) is 14.3 Å². The van der Waals surface area contributed by atoms with Crippen molar-refractivity contribution in [3.05, 3.63) is 64.1 Å². The van der Waals surface area contributed by atoms with Crippen molar-refractivity contribution < 1.29 is 23.1 Å². The van der Waals surface area contributed by atoms with E-state index in [2.05, 4.69) is 9.71 Å². The summed E-state index contributed by atoms with van der Waals surface area (Å²) in [5, 5.41) is 9.98. The van der Waals surface area contributed by atoms with Crippen molar-refractivity contribution in [3.8, 4) is 0 Å². The molecule has 0 bridgehead atoms. The number of aromatic amines is 1. The van der Waals surface area contributed by atoms with E-state index in [0.29, 0.717) is 18.5 Å². The van der Waals surface area contributed by atoms with Crippen LogP contribution in [0.15, 0.2) is 52.2 Å². The molecule has 3 aromatic rings. The lowest BCUT2D eigenvalue weighted by molar-refractivity contribution is -0.148. The molecule has 0 aliphatic heterocycles. The number of carbonyl (C=O) groups excluding carboxylic acids is 1. The zero-order valence-corrected chi connectivity index (χ0v) is 19.0. The number of hydrogen-bond donors (Lipinski definition) is 3. The maximum atomic E-state index is 12.7. The summed E-state index contributed by atoms with van der Waals surface area (Å²) in [4.78, 5) is 27.3. The van der Waals surface area contributed by atoms with Gasteiger partial charge in [-0.05, 0) is 62.6 Å². The monoisotopic (exact) mass is 461 g/mol. The quantitative estimate of drug-likeness (QED) is 0.328. The third-order valence-electron chi connectivity index (χ3n) is 5.26. The van der Waals surface area contributed by atoms with Crippen LogP contribution in [0, 0.1) is 13.8 Å². The Morgan fingerprint density at radius 3 is 2.59 bits per heavy atom. The second-order valence-corrected chi connectivity index (χ2v) is 9.42. The van der Waals surface area contributed by atoms with Gasteiger partial charge in [-0.3, -0.25) is 9.36 Å². The average Bonchev–Trinajstić information content (AvgIpc) is 3.06. The first-order valence-electron chi connectivity index (χ1n) is 10.2. The number of H-pyrrole nitrogens is 1. The van der Waals surface area contributed by atoms with E-state index < -0.39 is 28.1 Å². The molecule has 1 aromatic heterocycles. The first-order chi connectivity index (χ1) is 15.1. The number of esters is 1. The smallest absolute Gasteiger partial charge is 0.326 e. The number of aliphatic hydroxyl groups is 1.